The zero-order valence-electron chi connectivity index (χ0n) is 21.3. The van der Waals surface area contributed by atoms with Crippen LogP contribution in [0.4, 0.5) is 0 Å². The van der Waals surface area contributed by atoms with Crippen LogP contribution in [0.15, 0.2) is 23.8 Å². The minimum Gasteiger partial charge on any atom is -0.469 e. The van der Waals surface area contributed by atoms with E-state index in [1.54, 1.807) is 0 Å². The van der Waals surface area contributed by atoms with E-state index < -0.39 is 0 Å². The van der Waals surface area contributed by atoms with Gasteiger partial charge in [-0.3, -0.25) is 9.59 Å². The van der Waals surface area contributed by atoms with Gasteiger partial charge in [0.2, 0.25) is 0 Å². The first kappa shape index (κ1) is 23.3. The van der Waals surface area contributed by atoms with Gasteiger partial charge in [-0.15, -0.1) is 0 Å². The fraction of sp³-hybridized carbons (Fsp3) is 0.793. The van der Waals surface area contributed by atoms with Crippen molar-refractivity contribution in [3.05, 3.63) is 23.8 Å². The van der Waals surface area contributed by atoms with Crippen LogP contribution in [0, 0.1) is 52.3 Å². The Morgan fingerprint density at radius 1 is 1.09 bits per heavy atom. The predicted octanol–water partition coefficient (Wildman–Crippen LogP) is 5.76. The SMILES string of the molecule is COC(=O)C(C)C(C)C1OC1C(C)C1CCC2C3CCC4=CC(=O)C=CC4(C)C3CCC12C. The molecule has 1 heterocycles. The number of ketones is 1. The van der Waals surface area contributed by atoms with Crippen LogP contribution in [0.25, 0.3) is 0 Å². The van der Waals surface area contributed by atoms with Crippen LogP contribution >= 0.6 is 0 Å². The molecule has 0 N–H and O–H groups in total. The molecule has 4 nitrogen and oxygen atoms in total. The standard InChI is InChI=1S/C29H42O4/c1-16(17(2)27(31)32-6)25-26(33-25)18(3)22-9-10-23-21-8-7-19-15-20(30)11-13-28(19,4)24(21)12-14-29(22,23)5/h11,13,15-18,21-26H,7-10,12,14H2,1-6H3. The minimum absolute atomic E-state index is 0.0754. The maximum atomic E-state index is 12.0. The third kappa shape index (κ3) is 3.49. The largest absolute Gasteiger partial charge is 0.469 e. The maximum Gasteiger partial charge on any atom is 0.308 e. The van der Waals surface area contributed by atoms with Gasteiger partial charge in [0.25, 0.3) is 0 Å². The first-order chi connectivity index (χ1) is 15.6. The quantitative estimate of drug-likeness (QED) is 0.391. The van der Waals surface area contributed by atoms with Crippen molar-refractivity contribution in [2.45, 2.75) is 85.4 Å². The van der Waals surface area contributed by atoms with Gasteiger partial charge in [-0.1, -0.05) is 46.3 Å². The Hall–Kier alpha value is -1.42. The first-order valence-electron chi connectivity index (χ1n) is 13.3. The second-order valence-corrected chi connectivity index (χ2v) is 12.4. The normalized spacial score (nSPS) is 46.4. The fourth-order valence-corrected chi connectivity index (χ4v) is 9.00. The van der Waals surface area contributed by atoms with Crippen molar-refractivity contribution in [1.29, 1.82) is 0 Å². The van der Waals surface area contributed by atoms with Crippen LogP contribution < -0.4 is 0 Å². The van der Waals surface area contributed by atoms with E-state index in [1.165, 1.54) is 44.8 Å². The summed E-state index contributed by atoms with van der Waals surface area (Å²) < 4.78 is 11.2. The number of allylic oxidation sites excluding steroid dienone is 4. The third-order valence-electron chi connectivity index (χ3n) is 11.2. The van der Waals surface area contributed by atoms with Gasteiger partial charge in [-0.05, 0) is 91.6 Å². The molecular formula is C29H42O4. The smallest absolute Gasteiger partial charge is 0.308 e. The van der Waals surface area contributed by atoms with Gasteiger partial charge < -0.3 is 9.47 Å². The van der Waals surface area contributed by atoms with E-state index in [2.05, 4.69) is 33.8 Å². The molecule has 11 atom stereocenters. The van der Waals surface area contributed by atoms with Crippen LogP contribution in [0.1, 0.15) is 73.1 Å². The number of fused-ring (bicyclic) bond motifs is 5. The Bertz CT molecular complexity index is 888. The van der Waals surface area contributed by atoms with E-state index in [9.17, 15) is 9.59 Å². The summed E-state index contributed by atoms with van der Waals surface area (Å²) in [6, 6.07) is 0. The van der Waals surface area contributed by atoms with E-state index in [0.717, 1.165) is 18.3 Å². The highest BCUT2D eigenvalue weighted by Crippen LogP contribution is 2.67. The molecule has 1 aliphatic heterocycles. The molecule has 4 fully saturated rings. The molecule has 33 heavy (non-hydrogen) atoms. The lowest BCUT2D eigenvalue weighted by Crippen LogP contribution is -2.50. The summed E-state index contributed by atoms with van der Waals surface area (Å²) >= 11 is 0. The molecule has 0 bridgehead atoms. The average molecular weight is 455 g/mol. The molecule has 5 aliphatic rings. The highest BCUT2D eigenvalue weighted by atomic mass is 16.6. The summed E-state index contributed by atoms with van der Waals surface area (Å²) in [6.07, 6.45) is 13.9. The summed E-state index contributed by atoms with van der Waals surface area (Å²) in [4.78, 5) is 24.0. The van der Waals surface area contributed by atoms with E-state index in [4.69, 9.17) is 9.47 Å². The van der Waals surface area contributed by atoms with E-state index in [0.29, 0.717) is 23.2 Å². The van der Waals surface area contributed by atoms with Crippen LogP contribution in [-0.2, 0) is 19.1 Å². The molecule has 4 aliphatic carbocycles. The molecule has 1 saturated heterocycles. The van der Waals surface area contributed by atoms with Crippen LogP contribution in [0.3, 0.4) is 0 Å². The minimum atomic E-state index is -0.131. The van der Waals surface area contributed by atoms with Crippen molar-refractivity contribution in [1.82, 2.24) is 0 Å². The van der Waals surface area contributed by atoms with Crippen LogP contribution in [0.2, 0.25) is 0 Å². The molecule has 0 aromatic heterocycles. The summed E-state index contributed by atoms with van der Waals surface area (Å²) in [5.41, 5.74) is 1.83. The van der Waals surface area contributed by atoms with E-state index in [1.807, 2.05) is 19.1 Å². The highest BCUT2D eigenvalue weighted by molar-refractivity contribution is 6.01. The highest BCUT2D eigenvalue weighted by Gasteiger charge is 2.61. The summed E-state index contributed by atoms with van der Waals surface area (Å²) in [5, 5.41) is 0. The van der Waals surface area contributed by atoms with Crippen molar-refractivity contribution in [2.75, 3.05) is 7.11 Å². The monoisotopic (exact) mass is 454 g/mol. The van der Waals surface area contributed by atoms with Gasteiger partial charge >= 0.3 is 5.97 Å². The number of carbonyl (C=O) groups is 2. The maximum absolute atomic E-state index is 12.0. The number of epoxide rings is 1. The molecule has 5 rings (SSSR count). The number of methoxy groups -OCH3 is 1. The summed E-state index contributed by atoms with van der Waals surface area (Å²) in [6.45, 7) is 11.5. The van der Waals surface area contributed by atoms with Gasteiger partial charge in [0, 0.05) is 5.41 Å². The van der Waals surface area contributed by atoms with Gasteiger partial charge in [0.15, 0.2) is 5.78 Å². The fourth-order valence-electron chi connectivity index (χ4n) is 9.00. The average Bonchev–Trinajstić information content (AvgIpc) is 3.52. The van der Waals surface area contributed by atoms with Crippen LogP contribution in [-0.4, -0.2) is 31.1 Å². The molecule has 0 spiro atoms. The van der Waals surface area contributed by atoms with Crippen molar-refractivity contribution in [3.8, 4) is 0 Å². The molecule has 11 unspecified atom stereocenters. The second kappa shape index (κ2) is 8.07. The zero-order valence-corrected chi connectivity index (χ0v) is 21.3. The topological polar surface area (TPSA) is 55.9 Å². The number of esters is 1. The van der Waals surface area contributed by atoms with Gasteiger partial charge in [0.1, 0.15) is 0 Å². The Labute approximate surface area is 199 Å². The third-order valence-corrected chi connectivity index (χ3v) is 11.2. The Balaban J connectivity index is 1.30. The van der Waals surface area contributed by atoms with Gasteiger partial charge in [-0.2, -0.15) is 0 Å². The lowest BCUT2D eigenvalue weighted by atomic mass is 9.47. The molecule has 3 saturated carbocycles. The number of hydrogen-bond donors (Lipinski definition) is 0. The molecule has 0 amide bonds. The number of hydrogen-bond acceptors (Lipinski definition) is 4. The van der Waals surface area contributed by atoms with Crippen molar-refractivity contribution >= 4 is 11.8 Å². The predicted molar refractivity (Wildman–Crippen MR) is 128 cm³/mol. The Kier molecular flexibility index (Phi) is 5.70. The zero-order chi connectivity index (χ0) is 23.7. The second-order valence-electron chi connectivity index (χ2n) is 12.4. The lowest BCUT2D eigenvalue weighted by Gasteiger charge is -2.57. The van der Waals surface area contributed by atoms with E-state index in [-0.39, 0.29) is 41.2 Å². The van der Waals surface area contributed by atoms with Crippen molar-refractivity contribution in [2.24, 2.45) is 52.3 Å². The van der Waals surface area contributed by atoms with Gasteiger partial charge in [0.05, 0.1) is 25.2 Å². The van der Waals surface area contributed by atoms with Crippen molar-refractivity contribution in [3.63, 3.8) is 0 Å². The molecule has 0 aromatic carbocycles. The Morgan fingerprint density at radius 2 is 1.85 bits per heavy atom. The lowest BCUT2D eigenvalue weighted by molar-refractivity contribution is -0.146. The van der Waals surface area contributed by atoms with Crippen LogP contribution in [0.5, 0.6) is 0 Å². The number of ether oxygens (including phenoxy) is 2. The van der Waals surface area contributed by atoms with Crippen molar-refractivity contribution < 1.29 is 19.1 Å². The molecular weight excluding hydrogens is 412 g/mol. The Morgan fingerprint density at radius 3 is 2.58 bits per heavy atom. The number of rotatable bonds is 5. The first-order valence-corrected chi connectivity index (χ1v) is 13.3. The molecule has 0 aromatic rings. The number of carbonyl (C=O) groups excluding carboxylic acids is 2. The molecule has 4 heteroatoms. The van der Waals surface area contributed by atoms with E-state index >= 15 is 0 Å². The summed E-state index contributed by atoms with van der Waals surface area (Å²) in [5.74, 6) is 3.52. The van der Waals surface area contributed by atoms with Gasteiger partial charge in [-0.25, -0.2) is 0 Å². The summed E-state index contributed by atoms with van der Waals surface area (Å²) in [7, 11) is 1.47. The molecule has 182 valence electrons. The molecule has 0 radical (unpaired) electrons.